The van der Waals surface area contributed by atoms with Crippen LogP contribution in [0.5, 0.6) is 0 Å². The molecule has 0 spiro atoms. The molecule has 12 heteroatoms. The molecule has 0 aromatic heterocycles. The van der Waals surface area contributed by atoms with E-state index in [1.807, 2.05) is 0 Å². The lowest BCUT2D eigenvalue weighted by atomic mass is 9.32. The van der Waals surface area contributed by atoms with E-state index in [0.29, 0.717) is 24.7 Å². The van der Waals surface area contributed by atoms with Gasteiger partial charge in [-0.2, -0.15) is 0 Å². The number of carbonyl (C=O) groups is 1. The van der Waals surface area contributed by atoms with E-state index in [0.717, 1.165) is 56.9 Å². The molecule has 5 aliphatic carbocycles. The van der Waals surface area contributed by atoms with E-state index in [2.05, 4.69) is 41.2 Å². The molecule has 7 aliphatic rings. The molecule has 7 fully saturated rings. The number of fused-ring (bicyclic) bond motifs is 7. The summed E-state index contributed by atoms with van der Waals surface area (Å²) in [5.74, 6) is 0.491. The Hall–Kier alpha value is -1.19. The number of rotatable bonds is 8. The number of hydrogen-bond donors (Lipinski definition) is 7. The highest BCUT2D eigenvalue weighted by molar-refractivity contribution is 5.76. The maximum atomic E-state index is 13.0. The van der Waals surface area contributed by atoms with Crippen molar-refractivity contribution in [3.63, 3.8) is 0 Å². The van der Waals surface area contributed by atoms with Crippen molar-refractivity contribution in [2.75, 3.05) is 13.2 Å². The summed E-state index contributed by atoms with van der Waals surface area (Å²) in [6.07, 6.45) is -3.30. The van der Waals surface area contributed by atoms with Crippen LogP contribution in [0.4, 0.5) is 0 Å². The fourth-order valence-corrected chi connectivity index (χ4v) is 14.3. The summed E-state index contributed by atoms with van der Waals surface area (Å²) in [7, 11) is 0. The number of aliphatic hydroxyl groups is 6. The van der Waals surface area contributed by atoms with Gasteiger partial charge in [-0.1, -0.05) is 39.8 Å². The summed E-state index contributed by atoms with van der Waals surface area (Å²) >= 11 is 0. The number of carboxylic acids is 1. The Kier molecular flexibility index (Phi) is 10.4. The predicted octanol–water partition coefficient (Wildman–Crippen LogP) is 3.38. The molecular formula is C41H66O12. The summed E-state index contributed by atoms with van der Waals surface area (Å²) in [6.45, 7) is 16.8. The van der Waals surface area contributed by atoms with Crippen molar-refractivity contribution in [1.82, 2.24) is 0 Å². The predicted molar refractivity (Wildman–Crippen MR) is 192 cm³/mol. The number of carboxylic acid groups (broad SMARTS) is 1. The fourth-order valence-electron chi connectivity index (χ4n) is 14.3. The van der Waals surface area contributed by atoms with E-state index < -0.39 is 84.8 Å². The molecule has 0 bridgehead atoms. The van der Waals surface area contributed by atoms with Crippen molar-refractivity contribution in [1.29, 1.82) is 0 Å². The Balaban J connectivity index is 1.14. The second kappa shape index (κ2) is 13.7. The van der Waals surface area contributed by atoms with Gasteiger partial charge >= 0.3 is 5.97 Å². The quantitative estimate of drug-likeness (QED) is 0.179. The molecule has 7 rings (SSSR count). The summed E-state index contributed by atoms with van der Waals surface area (Å²) in [5, 5.41) is 74.5. The van der Waals surface area contributed by atoms with Crippen LogP contribution < -0.4 is 0 Å². The molecule has 0 aromatic carbocycles. The van der Waals surface area contributed by atoms with Crippen LogP contribution in [0.2, 0.25) is 0 Å². The van der Waals surface area contributed by atoms with Gasteiger partial charge in [0.05, 0.1) is 30.8 Å². The largest absolute Gasteiger partial charge is 0.481 e. The van der Waals surface area contributed by atoms with Crippen molar-refractivity contribution in [2.24, 2.45) is 56.7 Å². The maximum Gasteiger partial charge on any atom is 0.309 e. The van der Waals surface area contributed by atoms with Crippen LogP contribution >= 0.6 is 0 Å². The number of ether oxygens (including phenoxy) is 4. The molecule has 20 atom stereocenters. The third-order valence-electron chi connectivity index (χ3n) is 17.4. The van der Waals surface area contributed by atoms with Crippen molar-refractivity contribution < 1.29 is 59.5 Å². The Bertz CT molecular complexity index is 1410. The van der Waals surface area contributed by atoms with Crippen LogP contribution in [0.25, 0.3) is 0 Å². The van der Waals surface area contributed by atoms with Crippen LogP contribution in [0.1, 0.15) is 106 Å². The first-order chi connectivity index (χ1) is 24.8. The smallest absolute Gasteiger partial charge is 0.309 e. The lowest BCUT2D eigenvalue weighted by Gasteiger charge is -2.73. The molecular weight excluding hydrogens is 684 g/mol. The van der Waals surface area contributed by atoms with Crippen molar-refractivity contribution in [3.8, 4) is 0 Å². The number of hydrogen-bond acceptors (Lipinski definition) is 11. The van der Waals surface area contributed by atoms with Gasteiger partial charge in [-0.25, -0.2) is 0 Å². The Morgan fingerprint density at radius 3 is 2.13 bits per heavy atom. The lowest BCUT2D eigenvalue weighted by molar-refractivity contribution is -0.330. The lowest BCUT2D eigenvalue weighted by Crippen LogP contribution is -2.68. The van der Waals surface area contributed by atoms with Gasteiger partial charge in [-0.3, -0.25) is 4.79 Å². The summed E-state index contributed by atoms with van der Waals surface area (Å²) in [6, 6.07) is 0. The number of aliphatic hydroxyl groups excluding tert-OH is 6. The van der Waals surface area contributed by atoms with Crippen LogP contribution in [-0.2, 0) is 23.7 Å². The molecule has 0 radical (unpaired) electrons. The monoisotopic (exact) mass is 750 g/mol. The molecule has 0 aromatic rings. The van der Waals surface area contributed by atoms with Gasteiger partial charge in [-0.05, 0) is 124 Å². The van der Waals surface area contributed by atoms with Crippen LogP contribution in [0, 0.1) is 56.7 Å². The van der Waals surface area contributed by atoms with Gasteiger partial charge in [-0.15, -0.1) is 0 Å². The van der Waals surface area contributed by atoms with Crippen molar-refractivity contribution in [2.45, 2.75) is 167 Å². The maximum absolute atomic E-state index is 13.0. The van der Waals surface area contributed by atoms with Gasteiger partial charge in [0.15, 0.2) is 12.6 Å². The fraction of sp³-hybridized carbons (Fsp3) is 0.927. The zero-order valence-corrected chi connectivity index (χ0v) is 32.5. The third-order valence-corrected chi connectivity index (χ3v) is 17.4. The van der Waals surface area contributed by atoms with Crippen LogP contribution in [0.3, 0.4) is 0 Å². The Labute approximate surface area is 314 Å². The summed E-state index contributed by atoms with van der Waals surface area (Å²) in [5.41, 5.74) is -0.391. The second-order valence-corrected chi connectivity index (χ2v) is 19.5. The van der Waals surface area contributed by atoms with Gasteiger partial charge in [0, 0.05) is 5.41 Å². The molecule has 302 valence electrons. The van der Waals surface area contributed by atoms with Crippen molar-refractivity contribution in [3.05, 3.63) is 12.2 Å². The number of allylic oxidation sites excluding steroid dienone is 1. The highest BCUT2D eigenvalue weighted by Crippen LogP contribution is 2.77. The molecule has 5 saturated carbocycles. The SMILES string of the molecule is C=C(C)C1CC[C@]2(C(=O)O)CCC3(C)[C@H](CC[C@@H]4[C@@]5(C)CC[C@H](OC6OC(CO)C(O)C6OC6OC(C)C(O)C(O)C6O)[C@@](C)(CO)C5CC[C@]43C)[C@@H]12. The van der Waals surface area contributed by atoms with E-state index in [1.165, 1.54) is 0 Å². The molecule has 2 heterocycles. The van der Waals surface area contributed by atoms with E-state index in [9.17, 15) is 40.5 Å². The summed E-state index contributed by atoms with van der Waals surface area (Å²) < 4.78 is 24.4. The molecule has 2 saturated heterocycles. The first kappa shape index (κ1) is 40.0. The Morgan fingerprint density at radius 2 is 1.49 bits per heavy atom. The molecule has 7 N–H and O–H groups in total. The minimum absolute atomic E-state index is 0.0137. The average molecular weight is 751 g/mol. The normalized spacial score (nSPS) is 56.5. The van der Waals surface area contributed by atoms with Gasteiger partial charge in [0.2, 0.25) is 0 Å². The van der Waals surface area contributed by atoms with E-state index in [4.69, 9.17) is 18.9 Å². The molecule has 12 nitrogen and oxygen atoms in total. The zero-order chi connectivity index (χ0) is 38.6. The minimum Gasteiger partial charge on any atom is -0.481 e. The molecule has 2 aliphatic heterocycles. The van der Waals surface area contributed by atoms with E-state index in [-0.39, 0.29) is 40.6 Å². The zero-order valence-electron chi connectivity index (χ0n) is 32.5. The first-order valence-electron chi connectivity index (χ1n) is 20.3. The average Bonchev–Trinajstić information content (AvgIpc) is 3.66. The minimum atomic E-state index is -1.60. The van der Waals surface area contributed by atoms with E-state index >= 15 is 0 Å². The van der Waals surface area contributed by atoms with Gasteiger partial charge < -0.3 is 54.7 Å². The van der Waals surface area contributed by atoms with E-state index in [1.54, 1.807) is 6.92 Å². The molecule has 0 amide bonds. The van der Waals surface area contributed by atoms with Crippen LogP contribution in [-0.4, -0.2) is 116 Å². The second-order valence-electron chi connectivity index (χ2n) is 19.5. The van der Waals surface area contributed by atoms with Crippen molar-refractivity contribution >= 4 is 5.97 Å². The first-order valence-corrected chi connectivity index (χ1v) is 20.3. The highest BCUT2D eigenvalue weighted by Gasteiger charge is 2.72. The topological polar surface area (TPSA) is 196 Å². The third kappa shape index (κ3) is 5.62. The van der Waals surface area contributed by atoms with Crippen LogP contribution in [0.15, 0.2) is 12.2 Å². The highest BCUT2D eigenvalue weighted by atomic mass is 16.8. The number of aliphatic carboxylic acids is 1. The molecule has 53 heavy (non-hydrogen) atoms. The van der Waals surface area contributed by atoms with Gasteiger partial charge in [0.1, 0.15) is 36.6 Å². The van der Waals surface area contributed by atoms with Gasteiger partial charge in [0.25, 0.3) is 0 Å². The molecule has 12 unspecified atom stereocenters. The summed E-state index contributed by atoms with van der Waals surface area (Å²) in [4.78, 5) is 13.0. The standard InChI is InChI=1S/C41H66O12/c1-20(2)22-10-15-41(36(48)49)17-16-39(6)23(28(22)41)8-9-26-37(4)13-12-27(38(5,19-43)25(37)11-14-40(26,39)7)52-35-33(30(45)24(18-42)51-35)53-34-32(47)31(46)29(44)21(3)50-34/h21-35,42-47H,1,8-19H2,2-7H3,(H,48,49)/t21?,22?,23-,24?,25?,26-,27+,28-,29?,30?,31?,32?,33?,34?,35?,37+,38+,39?,40-,41+/m1/s1. The Morgan fingerprint density at radius 1 is 0.774 bits per heavy atom.